The third-order valence-electron chi connectivity index (χ3n) is 2.95. The number of likely N-dealkylation sites (N-methyl/N-ethyl adjacent to an activating group) is 1. The molecule has 0 aromatic heterocycles. The summed E-state index contributed by atoms with van der Waals surface area (Å²) in [5, 5.41) is 4.27. The number of halogens is 2. The summed E-state index contributed by atoms with van der Waals surface area (Å²) in [5.41, 5.74) is 1.20. The van der Waals surface area contributed by atoms with Crippen molar-refractivity contribution in [3.8, 4) is 0 Å². The van der Waals surface area contributed by atoms with Crippen LogP contribution in [0, 0.1) is 0 Å². The van der Waals surface area contributed by atoms with Gasteiger partial charge in [-0.3, -0.25) is 0 Å². The topological polar surface area (TPSA) is 15.3 Å². The molecule has 88 valence electrons. The Kier molecular flexibility index (Phi) is 4.11. The summed E-state index contributed by atoms with van der Waals surface area (Å²) in [4.78, 5) is 2.38. The van der Waals surface area contributed by atoms with E-state index in [9.17, 15) is 0 Å². The number of hydrogen-bond donors (Lipinski definition) is 1. The Hall–Kier alpha value is -0.250. The van der Waals surface area contributed by atoms with Crippen LogP contribution in [0.25, 0.3) is 0 Å². The predicted octanol–water partition coefficient (Wildman–Crippen LogP) is 3.29. The first-order valence-corrected chi connectivity index (χ1v) is 6.81. The van der Waals surface area contributed by atoms with Gasteiger partial charge >= 0.3 is 0 Å². The predicted molar refractivity (Wildman–Crippen MR) is 73.4 cm³/mol. The SMILES string of the molecule is CCNC1CCN(c2cccc(Cl)c2Br)C1. The van der Waals surface area contributed by atoms with Crippen LogP contribution in [-0.4, -0.2) is 25.7 Å². The molecule has 2 nitrogen and oxygen atoms in total. The molecule has 1 fully saturated rings. The van der Waals surface area contributed by atoms with Gasteiger partial charge in [0.15, 0.2) is 0 Å². The molecule has 1 aliphatic rings. The first-order chi connectivity index (χ1) is 7.72. The summed E-state index contributed by atoms with van der Waals surface area (Å²) in [6, 6.07) is 6.64. The normalized spacial score (nSPS) is 20.4. The van der Waals surface area contributed by atoms with Gasteiger partial charge in [0.05, 0.1) is 15.2 Å². The van der Waals surface area contributed by atoms with Crippen LogP contribution < -0.4 is 10.2 Å². The van der Waals surface area contributed by atoms with Crippen molar-refractivity contribution in [1.82, 2.24) is 5.32 Å². The average Bonchev–Trinajstić information content (AvgIpc) is 2.71. The molecule has 0 aliphatic carbocycles. The molecule has 2 rings (SSSR count). The van der Waals surface area contributed by atoms with E-state index in [0.29, 0.717) is 6.04 Å². The quantitative estimate of drug-likeness (QED) is 0.922. The lowest BCUT2D eigenvalue weighted by Crippen LogP contribution is -2.32. The molecule has 0 bridgehead atoms. The lowest BCUT2D eigenvalue weighted by molar-refractivity contribution is 0.572. The summed E-state index contributed by atoms with van der Waals surface area (Å²) in [6.45, 7) is 5.34. The minimum absolute atomic E-state index is 0.607. The lowest BCUT2D eigenvalue weighted by Gasteiger charge is -2.20. The second-order valence-corrected chi connectivity index (χ2v) is 5.26. The van der Waals surface area contributed by atoms with E-state index in [4.69, 9.17) is 11.6 Å². The van der Waals surface area contributed by atoms with Crippen molar-refractivity contribution in [2.24, 2.45) is 0 Å². The van der Waals surface area contributed by atoms with E-state index >= 15 is 0 Å². The summed E-state index contributed by atoms with van der Waals surface area (Å²) >= 11 is 9.66. The largest absolute Gasteiger partial charge is 0.369 e. The van der Waals surface area contributed by atoms with Crippen molar-refractivity contribution in [3.63, 3.8) is 0 Å². The minimum Gasteiger partial charge on any atom is -0.369 e. The van der Waals surface area contributed by atoms with Crippen LogP contribution in [0.5, 0.6) is 0 Å². The van der Waals surface area contributed by atoms with E-state index in [1.165, 1.54) is 12.1 Å². The molecule has 0 saturated carbocycles. The van der Waals surface area contributed by atoms with Crippen LogP contribution in [0.1, 0.15) is 13.3 Å². The van der Waals surface area contributed by atoms with Gasteiger partial charge in [0.2, 0.25) is 0 Å². The van der Waals surface area contributed by atoms with Gasteiger partial charge in [-0.15, -0.1) is 0 Å². The molecular weight excluding hydrogens is 288 g/mol. The van der Waals surface area contributed by atoms with Crippen LogP contribution in [0.4, 0.5) is 5.69 Å². The maximum atomic E-state index is 6.10. The zero-order valence-corrected chi connectivity index (χ0v) is 11.7. The summed E-state index contributed by atoms with van der Waals surface area (Å²) in [5.74, 6) is 0. The first kappa shape index (κ1) is 12.2. The minimum atomic E-state index is 0.607. The second-order valence-electron chi connectivity index (χ2n) is 4.06. The summed E-state index contributed by atoms with van der Waals surface area (Å²) in [6.07, 6.45) is 1.20. The third kappa shape index (κ3) is 2.53. The summed E-state index contributed by atoms with van der Waals surface area (Å²) < 4.78 is 1.01. The molecule has 1 atom stereocenters. The average molecular weight is 304 g/mol. The van der Waals surface area contributed by atoms with Crippen molar-refractivity contribution in [2.75, 3.05) is 24.5 Å². The van der Waals surface area contributed by atoms with E-state index in [-0.39, 0.29) is 0 Å². The smallest absolute Gasteiger partial charge is 0.0595 e. The Balaban J connectivity index is 2.11. The Morgan fingerprint density at radius 1 is 1.56 bits per heavy atom. The van der Waals surface area contributed by atoms with Crippen molar-refractivity contribution in [3.05, 3.63) is 27.7 Å². The number of anilines is 1. The van der Waals surface area contributed by atoms with Gasteiger partial charge in [0.1, 0.15) is 0 Å². The van der Waals surface area contributed by atoms with E-state index in [2.05, 4.69) is 39.1 Å². The molecule has 1 heterocycles. The van der Waals surface area contributed by atoms with Gasteiger partial charge in [-0.05, 0) is 41.0 Å². The van der Waals surface area contributed by atoms with Crippen LogP contribution in [0.3, 0.4) is 0 Å². The number of hydrogen-bond acceptors (Lipinski definition) is 2. The number of nitrogens with one attached hydrogen (secondary N) is 1. The van der Waals surface area contributed by atoms with Crippen molar-refractivity contribution in [1.29, 1.82) is 0 Å². The Bertz CT molecular complexity index is 370. The summed E-state index contributed by atoms with van der Waals surface area (Å²) in [7, 11) is 0. The molecule has 4 heteroatoms. The molecule has 1 N–H and O–H groups in total. The van der Waals surface area contributed by atoms with Crippen LogP contribution >= 0.6 is 27.5 Å². The van der Waals surface area contributed by atoms with Gasteiger partial charge in [-0.25, -0.2) is 0 Å². The molecule has 1 saturated heterocycles. The van der Waals surface area contributed by atoms with E-state index in [0.717, 1.165) is 29.1 Å². The highest BCUT2D eigenvalue weighted by atomic mass is 79.9. The van der Waals surface area contributed by atoms with Gasteiger partial charge < -0.3 is 10.2 Å². The highest BCUT2D eigenvalue weighted by Gasteiger charge is 2.23. The molecule has 0 spiro atoms. The van der Waals surface area contributed by atoms with Gasteiger partial charge in [0.25, 0.3) is 0 Å². The Labute approximate surface area is 110 Å². The lowest BCUT2D eigenvalue weighted by atomic mass is 10.2. The van der Waals surface area contributed by atoms with Crippen molar-refractivity contribution < 1.29 is 0 Å². The zero-order chi connectivity index (χ0) is 11.5. The third-order valence-corrected chi connectivity index (χ3v) is 4.33. The van der Waals surface area contributed by atoms with Gasteiger partial charge in [-0.2, -0.15) is 0 Å². The fraction of sp³-hybridized carbons (Fsp3) is 0.500. The van der Waals surface area contributed by atoms with Gasteiger partial charge in [0, 0.05) is 19.1 Å². The van der Waals surface area contributed by atoms with Gasteiger partial charge in [-0.1, -0.05) is 24.6 Å². The van der Waals surface area contributed by atoms with Crippen molar-refractivity contribution in [2.45, 2.75) is 19.4 Å². The standard InChI is InChI=1S/C12H16BrClN2/c1-2-15-9-6-7-16(8-9)11-5-3-4-10(14)12(11)13/h3-5,9,15H,2,6-8H2,1H3. The van der Waals surface area contributed by atoms with E-state index in [1.54, 1.807) is 0 Å². The van der Waals surface area contributed by atoms with Crippen LogP contribution in [0.15, 0.2) is 22.7 Å². The highest BCUT2D eigenvalue weighted by Crippen LogP contribution is 2.34. The maximum Gasteiger partial charge on any atom is 0.0595 e. The molecular formula is C12H16BrClN2. The highest BCUT2D eigenvalue weighted by molar-refractivity contribution is 9.10. The maximum absolute atomic E-state index is 6.10. The van der Waals surface area contributed by atoms with E-state index < -0.39 is 0 Å². The number of nitrogens with zero attached hydrogens (tertiary/aromatic N) is 1. The molecule has 0 amide bonds. The zero-order valence-electron chi connectivity index (χ0n) is 9.34. The molecule has 0 radical (unpaired) electrons. The fourth-order valence-corrected chi connectivity index (χ4v) is 2.86. The molecule has 1 aromatic rings. The molecule has 1 aliphatic heterocycles. The number of benzene rings is 1. The monoisotopic (exact) mass is 302 g/mol. The van der Waals surface area contributed by atoms with Crippen molar-refractivity contribution >= 4 is 33.2 Å². The molecule has 16 heavy (non-hydrogen) atoms. The van der Waals surface area contributed by atoms with Crippen LogP contribution in [0.2, 0.25) is 5.02 Å². The second kappa shape index (κ2) is 5.39. The first-order valence-electron chi connectivity index (χ1n) is 5.64. The molecule has 1 unspecified atom stereocenters. The molecule has 1 aromatic carbocycles. The van der Waals surface area contributed by atoms with Crippen LogP contribution in [-0.2, 0) is 0 Å². The Morgan fingerprint density at radius 2 is 2.38 bits per heavy atom. The number of rotatable bonds is 3. The van der Waals surface area contributed by atoms with E-state index in [1.807, 2.05) is 12.1 Å². The fourth-order valence-electron chi connectivity index (χ4n) is 2.17. The Morgan fingerprint density at radius 3 is 3.12 bits per heavy atom.